The lowest BCUT2D eigenvalue weighted by Gasteiger charge is -2.08. The van der Waals surface area contributed by atoms with Crippen LogP contribution in [0.1, 0.15) is 38.3 Å². The molecule has 0 saturated heterocycles. The van der Waals surface area contributed by atoms with E-state index in [2.05, 4.69) is 5.10 Å². The average molecular weight is 194 g/mol. The topological polar surface area (TPSA) is 38.0 Å². The first-order valence-electron chi connectivity index (χ1n) is 4.92. The average Bonchev–Trinajstić information content (AvgIpc) is 2.45. The summed E-state index contributed by atoms with van der Waals surface area (Å²) < 4.78 is 1.83. The van der Waals surface area contributed by atoms with E-state index in [9.17, 15) is 5.11 Å². The molecule has 1 aromatic rings. The number of rotatable bonds is 3. The summed E-state index contributed by atoms with van der Waals surface area (Å²) >= 11 is 0. The van der Waals surface area contributed by atoms with Crippen molar-refractivity contribution in [2.75, 3.05) is 0 Å². The Labute approximate surface area is 85.1 Å². The lowest BCUT2D eigenvalue weighted by atomic mass is 10.2. The molecule has 0 fully saturated rings. The predicted octanol–water partition coefficient (Wildman–Crippen LogP) is 2.21. The number of allylic oxidation sites excluding steroid dienone is 1. The number of nitrogens with zero attached hydrogens (tertiary/aromatic N) is 2. The quantitative estimate of drug-likeness (QED) is 0.749. The third-order valence-corrected chi connectivity index (χ3v) is 2.03. The maximum Gasteiger partial charge on any atom is 0.114 e. The molecule has 0 saturated carbocycles. The van der Waals surface area contributed by atoms with Gasteiger partial charge in [-0.15, -0.1) is 0 Å². The van der Waals surface area contributed by atoms with Gasteiger partial charge in [0.15, 0.2) is 0 Å². The van der Waals surface area contributed by atoms with Gasteiger partial charge in [0.1, 0.15) is 6.10 Å². The van der Waals surface area contributed by atoms with Gasteiger partial charge in [0.2, 0.25) is 0 Å². The number of aryl methyl sites for hydroxylation is 2. The fraction of sp³-hybridized carbons (Fsp3) is 0.545. The molecule has 1 aromatic heterocycles. The van der Waals surface area contributed by atoms with Gasteiger partial charge >= 0.3 is 0 Å². The van der Waals surface area contributed by atoms with Gasteiger partial charge in [0, 0.05) is 6.54 Å². The van der Waals surface area contributed by atoms with Crippen molar-refractivity contribution in [1.29, 1.82) is 0 Å². The summed E-state index contributed by atoms with van der Waals surface area (Å²) in [4.78, 5) is 0. The van der Waals surface area contributed by atoms with Crippen molar-refractivity contribution in [1.82, 2.24) is 9.78 Å². The van der Waals surface area contributed by atoms with Crippen molar-refractivity contribution in [3.8, 4) is 0 Å². The Balaban J connectivity index is 2.99. The van der Waals surface area contributed by atoms with Crippen LogP contribution in [0.2, 0.25) is 0 Å². The van der Waals surface area contributed by atoms with Gasteiger partial charge in [-0.3, -0.25) is 4.68 Å². The Bertz CT molecular complexity index is 335. The second-order valence-corrected chi connectivity index (χ2v) is 3.72. The van der Waals surface area contributed by atoms with E-state index in [-0.39, 0.29) is 0 Å². The van der Waals surface area contributed by atoms with Gasteiger partial charge in [-0.25, -0.2) is 0 Å². The van der Waals surface area contributed by atoms with Crippen LogP contribution in [0.15, 0.2) is 17.7 Å². The van der Waals surface area contributed by atoms with Crippen LogP contribution in [-0.4, -0.2) is 14.9 Å². The maximum atomic E-state index is 9.88. The minimum absolute atomic E-state index is 0.541. The van der Waals surface area contributed by atoms with Gasteiger partial charge in [-0.2, -0.15) is 5.10 Å². The Hall–Kier alpha value is -1.09. The first-order chi connectivity index (χ1) is 6.54. The van der Waals surface area contributed by atoms with Crippen molar-refractivity contribution in [3.05, 3.63) is 29.1 Å². The summed E-state index contributed by atoms with van der Waals surface area (Å²) in [5.74, 6) is 0. The summed E-state index contributed by atoms with van der Waals surface area (Å²) in [7, 11) is 0. The molecule has 14 heavy (non-hydrogen) atoms. The van der Waals surface area contributed by atoms with Crippen molar-refractivity contribution in [3.63, 3.8) is 0 Å². The van der Waals surface area contributed by atoms with Crippen LogP contribution in [0.3, 0.4) is 0 Å². The monoisotopic (exact) mass is 194 g/mol. The number of aliphatic hydroxyl groups is 1. The molecule has 1 heterocycles. The predicted molar refractivity (Wildman–Crippen MR) is 57.0 cm³/mol. The highest BCUT2D eigenvalue weighted by molar-refractivity contribution is 5.17. The van der Waals surface area contributed by atoms with Crippen LogP contribution in [0.4, 0.5) is 0 Å². The van der Waals surface area contributed by atoms with Gasteiger partial charge < -0.3 is 5.11 Å². The molecule has 0 aromatic carbocycles. The van der Waals surface area contributed by atoms with Crippen LogP contribution in [0, 0.1) is 6.92 Å². The maximum absolute atomic E-state index is 9.88. The van der Waals surface area contributed by atoms with E-state index in [0.29, 0.717) is 0 Å². The van der Waals surface area contributed by atoms with Crippen LogP contribution in [0.5, 0.6) is 0 Å². The summed E-state index contributed by atoms with van der Waals surface area (Å²) in [6, 6.07) is 1.92. The fourth-order valence-corrected chi connectivity index (χ4v) is 1.46. The number of hydrogen-bond acceptors (Lipinski definition) is 2. The summed E-state index contributed by atoms with van der Waals surface area (Å²) in [6.07, 6.45) is 1.30. The van der Waals surface area contributed by atoms with Gasteiger partial charge in [-0.1, -0.05) is 11.6 Å². The lowest BCUT2D eigenvalue weighted by molar-refractivity contribution is 0.215. The third kappa shape index (κ3) is 2.45. The number of hydrogen-bond donors (Lipinski definition) is 1. The number of aliphatic hydroxyl groups excluding tert-OH is 1. The standard InChI is InChI=1S/C11H18N2O/c1-5-13-10(7-9(4)12-13)11(14)6-8(2)3/h6-7,11,14H,5H2,1-4H3. The highest BCUT2D eigenvalue weighted by Crippen LogP contribution is 2.17. The van der Waals surface area contributed by atoms with E-state index in [4.69, 9.17) is 0 Å². The van der Waals surface area contributed by atoms with E-state index in [1.807, 2.05) is 44.5 Å². The van der Waals surface area contributed by atoms with Gasteiger partial charge in [0.05, 0.1) is 11.4 Å². The molecular weight excluding hydrogens is 176 g/mol. The SMILES string of the molecule is CCn1nc(C)cc1C(O)C=C(C)C. The molecule has 3 nitrogen and oxygen atoms in total. The molecule has 0 aliphatic carbocycles. The van der Waals surface area contributed by atoms with Crippen molar-refractivity contribution in [2.45, 2.75) is 40.3 Å². The summed E-state index contributed by atoms with van der Waals surface area (Å²) in [5.41, 5.74) is 2.92. The fourth-order valence-electron chi connectivity index (χ4n) is 1.46. The molecule has 78 valence electrons. The van der Waals surface area contributed by atoms with E-state index in [1.165, 1.54) is 0 Å². The van der Waals surface area contributed by atoms with E-state index >= 15 is 0 Å². The molecule has 1 unspecified atom stereocenters. The molecule has 0 spiro atoms. The largest absolute Gasteiger partial charge is 0.383 e. The van der Waals surface area contributed by atoms with Gasteiger partial charge in [-0.05, 0) is 33.8 Å². The number of aromatic nitrogens is 2. The van der Waals surface area contributed by atoms with Crippen molar-refractivity contribution in [2.24, 2.45) is 0 Å². The van der Waals surface area contributed by atoms with E-state index < -0.39 is 6.10 Å². The normalized spacial score (nSPS) is 12.6. The Morgan fingerprint density at radius 1 is 1.64 bits per heavy atom. The smallest absolute Gasteiger partial charge is 0.114 e. The van der Waals surface area contributed by atoms with Gasteiger partial charge in [0.25, 0.3) is 0 Å². The second-order valence-electron chi connectivity index (χ2n) is 3.72. The molecule has 0 aliphatic rings. The molecular formula is C11H18N2O. The lowest BCUT2D eigenvalue weighted by Crippen LogP contribution is -2.06. The Kier molecular flexibility index (Phi) is 3.47. The molecule has 1 atom stereocenters. The molecule has 0 aliphatic heterocycles. The highest BCUT2D eigenvalue weighted by atomic mass is 16.3. The Morgan fingerprint density at radius 2 is 2.29 bits per heavy atom. The third-order valence-electron chi connectivity index (χ3n) is 2.03. The van der Waals surface area contributed by atoms with Crippen molar-refractivity contribution < 1.29 is 5.11 Å². The molecule has 1 rings (SSSR count). The zero-order valence-electron chi connectivity index (χ0n) is 9.28. The molecule has 0 bridgehead atoms. The van der Waals surface area contributed by atoms with Crippen LogP contribution < -0.4 is 0 Å². The first kappa shape index (κ1) is 11.0. The second kappa shape index (κ2) is 4.42. The van der Waals surface area contributed by atoms with Crippen LogP contribution >= 0.6 is 0 Å². The molecule has 1 N–H and O–H groups in total. The zero-order valence-corrected chi connectivity index (χ0v) is 9.28. The minimum atomic E-state index is -0.541. The minimum Gasteiger partial charge on any atom is -0.383 e. The van der Waals surface area contributed by atoms with Crippen LogP contribution in [-0.2, 0) is 6.54 Å². The van der Waals surface area contributed by atoms with Crippen LogP contribution in [0.25, 0.3) is 0 Å². The first-order valence-corrected chi connectivity index (χ1v) is 4.92. The van der Waals surface area contributed by atoms with E-state index in [0.717, 1.165) is 23.5 Å². The highest BCUT2D eigenvalue weighted by Gasteiger charge is 2.11. The summed E-state index contributed by atoms with van der Waals surface area (Å²) in [5, 5.41) is 14.2. The molecule has 3 heteroatoms. The van der Waals surface area contributed by atoms with Crippen molar-refractivity contribution >= 4 is 0 Å². The summed E-state index contributed by atoms with van der Waals surface area (Å²) in [6.45, 7) is 8.69. The molecule has 0 amide bonds. The van der Waals surface area contributed by atoms with E-state index in [1.54, 1.807) is 0 Å². The zero-order chi connectivity index (χ0) is 10.7. The molecule has 0 radical (unpaired) electrons. The Morgan fingerprint density at radius 3 is 2.79 bits per heavy atom.